The molecule has 2 aromatic carbocycles. The zero-order chi connectivity index (χ0) is 18.0. The minimum atomic E-state index is -0.796. The lowest BCUT2D eigenvalue weighted by molar-refractivity contribution is -0.121. The number of rotatable bonds is 4. The number of anilines is 1. The molecule has 0 aromatic heterocycles. The maximum Gasteiger partial charge on any atom is 0.265 e. The second-order valence-electron chi connectivity index (χ2n) is 5.41. The van der Waals surface area contributed by atoms with E-state index in [0.29, 0.717) is 11.3 Å². The molecule has 3 amide bonds. The summed E-state index contributed by atoms with van der Waals surface area (Å²) in [6.07, 6.45) is -0.0183. The van der Waals surface area contributed by atoms with Crippen LogP contribution in [0.15, 0.2) is 57.5 Å². The van der Waals surface area contributed by atoms with Gasteiger partial charge in [-0.05, 0) is 48.5 Å². The third-order valence-corrected chi connectivity index (χ3v) is 4.76. The molecular formula is C17H13Br2N3O3. The van der Waals surface area contributed by atoms with Crippen molar-refractivity contribution in [2.45, 2.75) is 12.5 Å². The summed E-state index contributed by atoms with van der Waals surface area (Å²) in [5, 5.41) is 0. The summed E-state index contributed by atoms with van der Waals surface area (Å²) >= 11 is 6.61. The van der Waals surface area contributed by atoms with Crippen molar-refractivity contribution in [3.05, 3.63) is 63.0 Å². The number of carbonyl (C=O) groups excluding carboxylic acids is 3. The smallest absolute Gasteiger partial charge is 0.265 e. The number of imide groups is 1. The van der Waals surface area contributed by atoms with Crippen LogP contribution >= 0.6 is 31.9 Å². The van der Waals surface area contributed by atoms with Crippen molar-refractivity contribution in [1.82, 2.24) is 10.9 Å². The van der Waals surface area contributed by atoms with Crippen LogP contribution in [0.25, 0.3) is 0 Å². The van der Waals surface area contributed by atoms with E-state index in [1.807, 2.05) is 0 Å². The molecule has 0 saturated carbocycles. The van der Waals surface area contributed by atoms with E-state index in [9.17, 15) is 14.4 Å². The molecule has 1 heterocycles. The summed E-state index contributed by atoms with van der Waals surface area (Å²) in [4.78, 5) is 37.8. The second kappa shape index (κ2) is 7.47. The minimum Gasteiger partial charge on any atom is -0.287 e. The van der Waals surface area contributed by atoms with Crippen LogP contribution in [0.4, 0.5) is 5.69 Å². The summed E-state index contributed by atoms with van der Waals surface area (Å²) in [7, 11) is 0. The van der Waals surface area contributed by atoms with E-state index in [4.69, 9.17) is 0 Å². The van der Waals surface area contributed by atoms with Gasteiger partial charge in [0.2, 0.25) is 5.91 Å². The normalized spacial score (nSPS) is 17.0. The molecule has 1 aliphatic heterocycles. The first-order chi connectivity index (χ1) is 12.0. The minimum absolute atomic E-state index is 0.0183. The first-order valence-electron chi connectivity index (χ1n) is 7.39. The fourth-order valence-corrected chi connectivity index (χ4v) is 2.96. The van der Waals surface area contributed by atoms with E-state index >= 15 is 0 Å². The van der Waals surface area contributed by atoms with Gasteiger partial charge in [-0.15, -0.1) is 0 Å². The van der Waals surface area contributed by atoms with Gasteiger partial charge in [-0.3, -0.25) is 19.8 Å². The lowest BCUT2D eigenvalue weighted by Crippen LogP contribution is -2.48. The molecule has 1 aliphatic rings. The Kier molecular flexibility index (Phi) is 5.31. The molecular weight excluding hydrogens is 454 g/mol. The molecule has 1 atom stereocenters. The molecule has 6 nitrogen and oxygen atoms in total. The standard InChI is InChI=1S/C17H13Br2N3O3/c18-11-3-1-10(2-4-11)16(24)21-20-14-9-15(23)22(17(14)25)13-7-5-12(19)6-8-13/h1-8,14,20H,9H2,(H,21,24). The number of benzene rings is 2. The van der Waals surface area contributed by atoms with Crippen molar-refractivity contribution >= 4 is 55.3 Å². The van der Waals surface area contributed by atoms with Gasteiger partial charge in [0, 0.05) is 14.5 Å². The molecule has 0 radical (unpaired) electrons. The molecule has 128 valence electrons. The van der Waals surface area contributed by atoms with Crippen molar-refractivity contribution in [2.24, 2.45) is 0 Å². The maximum atomic E-state index is 12.5. The number of hydrogen-bond acceptors (Lipinski definition) is 4. The maximum absolute atomic E-state index is 12.5. The van der Waals surface area contributed by atoms with E-state index in [1.165, 1.54) is 0 Å². The first-order valence-corrected chi connectivity index (χ1v) is 8.98. The van der Waals surface area contributed by atoms with Crippen molar-refractivity contribution in [3.63, 3.8) is 0 Å². The van der Waals surface area contributed by atoms with Crippen LogP contribution in [0, 0.1) is 0 Å². The average Bonchev–Trinajstić information content (AvgIpc) is 2.88. The Morgan fingerprint density at radius 1 is 0.960 bits per heavy atom. The highest BCUT2D eigenvalue weighted by molar-refractivity contribution is 9.10. The van der Waals surface area contributed by atoms with Crippen LogP contribution in [0.5, 0.6) is 0 Å². The fourth-order valence-electron chi connectivity index (χ4n) is 2.43. The molecule has 0 aliphatic carbocycles. The number of halogens is 2. The summed E-state index contributed by atoms with van der Waals surface area (Å²) in [6, 6.07) is 12.9. The van der Waals surface area contributed by atoms with Gasteiger partial charge in [-0.1, -0.05) is 31.9 Å². The van der Waals surface area contributed by atoms with Gasteiger partial charge in [0.05, 0.1) is 12.1 Å². The molecule has 3 rings (SSSR count). The Morgan fingerprint density at radius 2 is 1.52 bits per heavy atom. The Hall–Kier alpha value is -2.03. The van der Waals surface area contributed by atoms with Gasteiger partial charge in [0.25, 0.3) is 11.8 Å². The van der Waals surface area contributed by atoms with Crippen LogP contribution in [-0.4, -0.2) is 23.8 Å². The predicted octanol–water partition coefficient (Wildman–Crippen LogP) is 2.78. The van der Waals surface area contributed by atoms with Gasteiger partial charge in [0.15, 0.2) is 0 Å². The monoisotopic (exact) mass is 465 g/mol. The third kappa shape index (κ3) is 3.97. The SMILES string of the molecule is O=C(NNC1CC(=O)N(c2ccc(Br)cc2)C1=O)c1ccc(Br)cc1. The highest BCUT2D eigenvalue weighted by Gasteiger charge is 2.39. The largest absolute Gasteiger partial charge is 0.287 e. The zero-order valence-corrected chi connectivity index (χ0v) is 16.0. The van der Waals surface area contributed by atoms with Crippen LogP contribution in [0.2, 0.25) is 0 Å². The van der Waals surface area contributed by atoms with Crippen LogP contribution in [0.3, 0.4) is 0 Å². The Labute approximate surface area is 160 Å². The van der Waals surface area contributed by atoms with Crippen molar-refractivity contribution in [3.8, 4) is 0 Å². The topological polar surface area (TPSA) is 78.5 Å². The fraction of sp³-hybridized carbons (Fsp3) is 0.118. The second-order valence-corrected chi connectivity index (χ2v) is 7.24. The zero-order valence-electron chi connectivity index (χ0n) is 12.8. The Morgan fingerprint density at radius 3 is 2.12 bits per heavy atom. The van der Waals surface area contributed by atoms with Crippen LogP contribution < -0.4 is 15.8 Å². The molecule has 8 heteroatoms. The molecule has 0 bridgehead atoms. The molecule has 2 aromatic rings. The average molecular weight is 467 g/mol. The third-order valence-electron chi connectivity index (χ3n) is 3.70. The van der Waals surface area contributed by atoms with Crippen LogP contribution in [-0.2, 0) is 9.59 Å². The first kappa shape index (κ1) is 17.8. The highest BCUT2D eigenvalue weighted by Crippen LogP contribution is 2.24. The number of hydrazine groups is 1. The molecule has 1 fully saturated rings. The van der Waals surface area contributed by atoms with Gasteiger partial charge in [0.1, 0.15) is 6.04 Å². The molecule has 0 spiro atoms. The van der Waals surface area contributed by atoms with Crippen molar-refractivity contribution in [1.29, 1.82) is 0 Å². The number of nitrogens with zero attached hydrogens (tertiary/aromatic N) is 1. The Balaban J connectivity index is 1.65. The number of carbonyl (C=O) groups is 3. The molecule has 2 N–H and O–H groups in total. The quantitative estimate of drug-likeness (QED) is 0.536. The van der Waals surface area contributed by atoms with Gasteiger partial charge < -0.3 is 0 Å². The van der Waals surface area contributed by atoms with Gasteiger partial charge in [-0.25, -0.2) is 10.3 Å². The van der Waals surface area contributed by atoms with Crippen molar-refractivity contribution < 1.29 is 14.4 Å². The molecule has 1 saturated heterocycles. The van der Waals surface area contributed by atoms with Crippen LogP contribution in [0.1, 0.15) is 16.8 Å². The summed E-state index contributed by atoms with van der Waals surface area (Å²) in [5.74, 6) is -1.10. The summed E-state index contributed by atoms with van der Waals surface area (Å²) in [6.45, 7) is 0. The van der Waals surface area contributed by atoms with E-state index in [-0.39, 0.29) is 18.2 Å². The van der Waals surface area contributed by atoms with E-state index in [2.05, 4.69) is 42.7 Å². The number of nitrogens with one attached hydrogen (secondary N) is 2. The lowest BCUT2D eigenvalue weighted by atomic mass is 10.2. The van der Waals surface area contributed by atoms with E-state index in [0.717, 1.165) is 13.8 Å². The Bertz CT molecular complexity index is 822. The van der Waals surface area contributed by atoms with E-state index in [1.54, 1.807) is 48.5 Å². The van der Waals surface area contributed by atoms with Crippen molar-refractivity contribution in [2.75, 3.05) is 4.90 Å². The summed E-state index contributed by atoms with van der Waals surface area (Å²) in [5.41, 5.74) is 6.08. The van der Waals surface area contributed by atoms with Gasteiger partial charge in [-0.2, -0.15) is 0 Å². The molecule has 25 heavy (non-hydrogen) atoms. The predicted molar refractivity (Wildman–Crippen MR) is 99.8 cm³/mol. The van der Waals surface area contributed by atoms with E-state index < -0.39 is 11.9 Å². The number of amides is 3. The van der Waals surface area contributed by atoms with Gasteiger partial charge >= 0.3 is 0 Å². The summed E-state index contributed by atoms with van der Waals surface area (Å²) < 4.78 is 1.71. The number of hydrogen-bond donors (Lipinski definition) is 2. The highest BCUT2D eigenvalue weighted by atomic mass is 79.9. The lowest BCUT2D eigenvalue weighted by Gasteiger charge is -2.16. The molecule has 1 unspecified atom stereocenters.